The summed E-state index contributed by atoms with van der Waals surface area (Å²) in [4.78, 5) is 10.5. The summed E-state index contributed by atoms with van der Waals surface area (Å²) in [6.45, 7) is -1.88. The van der Waals surface area contributed by atoms with E-state index in [-0.39, 0.29) is 6.42 Å². The number of benzene rings is 3. The van der Waals surface area contributed by atoms with E-state index in [4.69, 9.17) is 5.11 Å². The number of hydrogen-bond donors (Lipinski definition) is 1. The lowest BCUT2D eigenvalue weighted by atomic mass is 10.2. The maximum Gasteiger partial charge on any atom is 0.303 e. The number of allylic oxidation sites excluding steroid dienone is 6. The first-order chi connectivity index (χ1) is 17.2. The van der Waals surface area contributed by atoms with Crippen LogP contribution in [0.25, 0.3) is 0 Å². The normalized spacial score (nSPS) is 12.0. The molecular weight excluding hydrogens is 447 g/mol. The highest BCUT2D eigenvalue weighted by atomic mass is 31.2. The van der Waals surface area contributed by atoms with Crippen LogP contribution in [0.5, 0.6) is 0 Å². The fourth-order valence-corrected chi connectivity index (χ4v) is 7.99. The molecule has 0 amide bonds. The van der Waals surface area contributed by atoms with E-state index in [0.29, 0.717) is 6.42 Å². The number of unbranched alkanes of at least 4 members (excludes halogenated alkanes) is 1. The molecule has 3 rings (SSSR count). The largest absolute Gasteiger partial charge is 0.481 e. The van der Waals surface area contributed by atoms with E-state index >= 15 is 0 Å². The van der Waals surface area contributed by atoms with Crippen molar-refractivity contribution in [2.75, 3.05) is 0 Å². The zero-order valence-electron chi connectivity index (χ0n) is 20.2. The van der Waals surface area contributed by atoms with Gasteiger partial charge < -0.3 is 5.11 Å². The minimum absolute atomic E-state index is 0.240. The van der Waals surface area contributed by atoms with Crippen molar-refractivity contribution in [1.29, 1.82) is 0 Å². The van der Waals surface area contributed by atoms with Crippen molar-refractivity contribution in [3.05, 3.63) is 127 Å². The molecule has 0 saturated carbocycles. The lowest BCUT2D eigenvalue weighted by Crippen LogP contribution is -2.26. The first-order valence-electron chi connectivity index (χ1n) is 12.3. The van der Waals surface area contributed by atoms with Gasteiger partial charge in [0.25, 0.3) is 0 Å². The maximum absolute atomic E-state index is 10.5. The standard InChI is InChI=1S/C32H35O2P/c33-32(34)27-19-8-6-4-2-1-3-5-7-9-20-28-35(29-21-13-10-14-22-29,30-23-15-11-16-24-30)31-25-17-12-18-26-31/h1,3-4,6-7,9-18,21-26,28H,2,5,8,19-20,27H2,(H,33,34)/b3-1-,6-4-,9-7-. The number of aliphatic carboxylic acids is 1. The minimum atomic E-state index is -1.88. The van der Waals surface area contributed by atoms with Gasteiger partial charge in [0.15, 0.2) is 0 Å². The Morgan fingerprint density at radius 2 is 1.00 bits per heavy atom. The molecule has 180 valence electrons. The third-order valence-electron chi connectivity index (χ3n) is 5.81. The molecule has 0 unspecified atom stereocenters. The smallest absolute Gasteiger partial charge is 0.303 e. The van der Waals surface area contributed by atoms with Crippen molar-refractivity contribution in [3.63, 3.8) is 0 Å². The van der Waals surface area contributed by atoms with Crippen LogP contribution in [0.3, 0.4) is 0 Å². The van der Waals surface area contributed by atoms with Gasteiger partial charge in [-0.15, -0.1) is 0 Å². The Labute approximate surface area is 210 Å². The highest BCUT2D eigenvalue weighted by molar-refractivity contribution is 7.94. The Hall–Kier alpha value is -3.35. The summed E-state index contributed by atoms with van der Waals surface area (Å²) < 4.78 is 0. The molecule has 0 aliphatic carbocycles. The third kappa shape index (κ3) is 8.12. The van der Waals surface area contributed by atoms with Crippen LogP contribution in [0.2, 0.25) is 0 Å². The molecule has 3 aromatic carbocycles. The molecule has 0 spiro atoms. The number of hydrogen-bond acceptors (Lipinski definition) is 1. The molecule has 0 aliphatic heterocycles. The summed E-state index contributed by atoms with van der Waals surface area (Å²) in [5.41, 5.74) is 0. The highest BCUT2D eigenvalue weighted by Crippen LogP contribution is 2.43. The molecule has 0 heterocycles. The van der Waals surface area contributed by atoms with Crippen LogP contribution in [0.15, 0.2) is 127 Å². The zero-order chi connectivity index (χ0) is 24.6. The monoisotopic (exact) mass is 482 g/mol. The number of carbonyl (C=O) groups is 1. The SMILES string of the molecule is O=C(O)CCC/C=C\C/C=C\C/C=C\CC=P(c1ccccc1)(c1ccccc1)c1ccccc1. The minimum Gasteiger partial charge on any atom is -0.481 e. The lowest BCUT2D eigenvalue weighted by molar-refractivity contribution is -0.137. The molecule has 3 aromatic rings. The van der Waals surface area contributed by atoms with E-state index in [2.05, 4.69) is 133 Å². The van der Waals surface area contributed by atoms with Gasteiger partial charge in [-0.05, 0) is 54.9 Å². The molecular formula is C32H35O2P. The van der Waals surface area contributed by atoms with E-state index in [9.17, 15) is 4.79 Å². The summed E-state index contributed by atoms with van der Waals surface area (Å²) in [6, 6.07) is 32.7. The van der Waals surface area contributed by atoms with Crippen LogP contribution in [-0.2, 0) is 4.79 Å². The summed E-state index contributed by atoms with van der Waals surface area (Å²) in [6.07, 6.45) is 17.5. The number of carboxylic acid groups (broad SMARTS) is 1. The second kappa shape index (κ2) is 14.8. The summed E-state index contributed by atoms with van der Waals surface area (Å²) in [7, 11) is 0. The van der Waals surface area contributed by atoms with Gasteiger partial charge in [0.2, 0.25) is 0 Å². The Bertz CT molecular complexity index is 1060. The molecule has 3 heteroatoms. The van der Waals surface area contributed by atoms with E-state index in [1.54, 1.807) is 0 Å². The predicted octanol–water partition coefficient (Wildman–Crippen LogP) is 6.88. The average molecular weight is 483 g/mol. The molecule has 0 aromatic heterocycles. The van der Waals surface area contributed by atoms with E-state index < -0.39 is 12.9 Å². The Balaban J connectivity index is 1.71. The summed E-state index contributed by atoms with van der Waals surface area (Å²) >= 11 is 0. The number of rotatable bonds is 13. The maximum atomic E-state index is 10.5. The van der Waals surface area contributed by atoms with Crippen LogP contribution in [0.4, 0.5) is 0 Å². The Kier molecular flexibility index (Phi) is 11.1. The summed E-state index contributed by atoms with van der Waals surface area (Å²) in [5, 5.41) is 12.8. The molecule has 1 N–H and O–H groups in total. The summed E-state index contributed by atoms with van der Waals surface area (Å²) in [5.74, 6) is 1.81. The van der Waals surface area contributed by atoms with Crippen LogP contribution in [0.1, 0.15) is 38.5 Å². The average Bonchev–Trinajstić information content (AvgIpc) is 2.90. The molecule has 0 aliphatic rings. The lowest BCUT2D eigenvalue weighted by Gasteiger charge is -2.28. The Morgan fingerprint density at radius 1 is 0.600 bits per heavy atom. The van der Waals surface area contributed by atoms with Crippen LogP contribution >= 0.6 is 6.89 Å². The van der Waals surface area contributed by atoms with Crippen molar-refractivity contribution in [2.45, 2.75) is 38.5 Å². The van der Waals surface area contributed by atoms with E-state index in [1.165, 1.54) is 15.9 Å². The first kappa shape index (κ1) is 26.3. The third-order valence-corrected chi connectivity index (χ3v) is 9.91. The predicted molar refractivity (Wildman–Crippen MR) is 154 cm³/mol. The van der Waals surface area contributed by atoms with Crippen molar-refractivity contribution < 1.29 is 9.90 Å². The van der Waals surface area contributed by atoms with Gasteiger partial charge in [0.1, 0.15) is 0 Å². The van der Waals surface area contributed by atoms with Gasteiger partial charge >= 0.3 is 5.97 Å². The van der Waals surface area contributed by atoms with Gasteiger partial charge in [0.05, 0.1) is 0 Å². The van der Waals surface area contributed by atoms with Crippen molar-refractivity contribution in [1.82, 2.24) is 0 Å². The zero-order valence-corrected chi connectivity index (χ0v) is 21.1. The molecule has 0 atom stereocenters. The van der Waals surface area contributed by atoms with Gasteiger partial charge in [-0.1, -0.05) is 133 Å². The molecule has 0 saturated heterocycles. The quantitative estimate of drug-likeness (QED) is 0.164. The van der Waals surface area contributed by atoms with Crippen LogP contribution in [0, 0.1) is 0 Å². The van der Waals surface area contributed by atoms with Gasteiger partial charge in [0, 0.05) is 6.42 Å². The van der Waals surface area contributed by atoms with E-state index in [1.807, 2.05) is 0 Å². The topological polar surface area (TPSA) is 37.3 Å². The second-order valence-electron chi connectivity index (χ2n) is 8.32. The fraction of sp³-hybridized carbons (Fsp3) is 0.188. The Morgan fingerprint density at radius 3 is 1.43 bits per heavy atom. The molecule has 0 bridgehead atoms. The molecule has 35 heavy (non-hydrogen) atoms. The van der Waals surface area contributed by atoms with Crippen molar-refractivity contribution >= 4 is 34.6 Å². The molecule has 0 radical (unpaired) electrons. The van der Waals surface area contributed by atoms with Gasteiger partial charge in [-0.3, -0.25) is 4.79 Å². The van der Waals surface area contributed by atoms with Crippen LogP contribution in [-0.4, -0.2) is 16.9 Å². The highest BCUT2D eigenvalue weighted by Gasteiger charge is 2.23. The van der Waals surface area contributed by atoms with Gasteiger partial charge in [-0.2, -0.15) is 0 Å². The van der Waals surface area contributed by atoms with Gasteiger partial charge in [-0.25, -0.2) is 0 Å². The number of carboxylic acids is 1. The van der Waals surface area contributed by atoms with E-state index in [0.717, 1.165) is 25.7 Å². The van der Waals surface area contributed by atoms with Crippen LogP contribution < -0.4 is 15.9 Å². The second-order valence-corrected chi connectivity index (χ2v) is 11.7. The molecule has 2 nitrogen and oxygen atoms in total. The fourth-order valence-electron chi connectivity index (χ4n) is 4.10. The van der Waals surface area contributed by atoms with Crippen molar-refractivity contribution in [2.24, 2.45) is 0 Å². The first-order valence-corrected chi connectivity index (χ1v) is 14.2. The van der Waals surface area contributed by atoms with Crippen molar-refractivity contribution in [3.8, 4) is 0 Å². The molecule has 0 fully saturated rings.